The molecule has 13 heavy (non-hydrogen) atoms. The molecule has 0 radical (unpaired) electrons. The highest BCUT2D eigenvalue weighted by atomic mass is 15.0. The van der Waals surface area contributed by atoms with Crippen LogP contribution in [0, 0.1) is 11.8 Å². The first-order chi connectivity index (χ1) is 6.06. The molecule has 2 unspecified atom stereocenters. The molecule has 1 nitrogen and oxygen atoms in total. The third kappa shape index (κ3) is 8.29. The van der Waals surface area contributed by atoms with E-state index in [-0.39, 0.29) is 0 Å². The first-order valence-electron chi connectivity index (χ1n) is 5.71. The normalized spacial score (nSPS) is 16.2. The minimum atomic E-state index is 0.893. The molecular formula is C12H27N. The van der Waals surface area contributed by atoms with E-state index < -0.39 is 0 Å². The van der Waals surface area contributed by atoms with Crippen molar-refractivity contribution < 1.29 is 0 Å². The maximum atomic E-state index is 2.38. The zero-order valence-corrected chi connectivity index (χ0v) is 10.1. The Hall–Kier alpha value is -0.0400. The molecule has 0 saturated carbocycles. The first-order valence-corrected chi connectivity index (χ1v) is 5.71. The fourth-order valence-electron chi connectivity index (χ4n) is 1.89. The molecule has 0 bridgehead atoms. The van der Waals surface area contributed by atoms with Gasteiger partial charge in [-0.3, -0.25) is 0 Å². The average molecular weight is 185 g/mol. The van der Waals surface area contributed by atoms with Crippen molar-refractivity contribution in [1.82, 2.24) is 4.90 Å². The fourth-order valence-corrected chi connectivity index (χ4v) is 1.89. The Balaban J connectivity index is 3.43. The molecule has 0 N–H and O–H groups in total. The summed E-state index contributed by atoms with van der Waals surface area (Å²) in [5.41, 5.74) is 0. The van der Waals surface area contributed by atoms with E-state index in [1.807, 2.05) is 0 Å². The van der Waals surface area contributed by atoms with Crippen molar-refractivity contribution in [3.8, 4) is 0 Å². The van der Waals surface area contributed by atoms with Gasteiger partial charge < -0.3 is 4.90 Å². The number of hydrogen-bond donors (Lipinski definition) is 0. The predicted octanol–water partition coefficient (Wildman–Crippen LogP) is 3.40. The SMILES string of the molecule is CCCC(C)CC(C)CCN(C)C. The van der Waals surface area contributed by atoms with Crippen molar-refractivity contribution in [2.45, 2.75) is 46.5 Å². The molecule has 0 aromatic heterocycles. The second kappa shape index (κ2) is 7.37. The van der Waals surface area contributed by atoms with Gasteiger partial charge in [0.05, 0.1) is 0 Å². The maximum absolute atomic E-state index is 2.38. The lowest BCUT2D eigenvalue weighted by molar-refractivity contribution is 0.319. The van der Waals surface area contributed by atoms with Crippen molar-refractivity contribution >= 4 is 0 Å². The van der Waals surface area contributed by atoms with E-state index in [0.29, 0.717) is 0 Å². The molecule has 1 heteroatoms. The lowest BCUT2D eigenvalue weighted by Crippen LogP contribution is -2.16. The van der Waals surface area contributed by atoms with E-state index in [0.717, 1.165) is 11.8 Å². The molecule has 0 aliphatic carbocycles. The minimum Gasteiger partial charge on any atom is -0.309 e. The summed E-state index contributed by atoms with van der Waals surface area (Å²) in [5.74, 6) is 1.81. The van der Waals surface area contributed by atoms with Gasteiger partial charge in [-0.05, 0) is 45.3 Å². The van der Waals surface area contributed by atoms with Crippen LogP contribution in [0.3, 0.4) is 0 Å². The van der Waals surface area contributed by atoms with Crippen molar-refractivity contribution in [1.29, 1.82) is 0 Å². The van der Waals surface area contributed by atoms with Crippen LogP contribution in [0.2, 0.25) is 0 Å². The van der Waals surface area contributed by atoms with Crippen LogP contribution in [0.5, 0.6) is 0 Å². The van der Waals surface area contributed by atoms with Crippen LogP contribution in [0.15, 0.2) is 0 Å². The summed E-state index contributed by atoms with van der Waals surface area (Å²) < 4.78 is 0. The van der Waals surface area contributed by atoms with E-state index in [1.54, 1.807) is 0 Å². The van der Waals surface area contributed by atoms with Gasteiger partial charge in [0.25, 0.3) is 0 Å². The molecule has 0 heterocycles. The number of rotatable bonds is 7. The number of hydrogen-bond acceptors (Lipinski definition) is 1. The van der Waals surface area contributed by atoms with Gasteiger partial charge in [0.2, 0.25) is 0 Å². The standard InChI is InChI=1S/C12H27N/c1-6-7-11(2)10-12(3)8-9-13(4)5/h11-12H,6-10H2,1-5H3. The smallest absolute Gasteiger partial charge is 0.00223 e. The molecule has 0 amide bonds. The maximum Gasteiger partial charge on any atom is -0.00223 e. The Labute approximate surface area is 84.5 Å². The predicted molar refractivity (Wildman–Crippen MR) is 61.0 cm³/mol. The van der Waals surface area contributed by atoms with Gasteiger partial charge in [-0.25, -0.2) is 0 Å². The average Bonchev–Trinajstić information content (AvgIpc) is 2.01. The molecule has 0 saturated heterocycles. The van der Waals surface area contributed by atoms with Gasteiger partial charge in [-0.2, -0.15) is 0 Å². The Morgan fingerprint density at radius 3 is 2.00 bits per heavy atom. The third-order valence-corrected chi connectivity index (χ3v) is 2.66. The zero-order chi connectivity index (χ0) is 10.3. The second-order valence-electron chi connectivity index (χ2n) is 4.83. The highest BCUT2D eigenvalue weighted by molar-refractivity contribution is 4.60. The summed E-state index contributed by atoms with van der Waals surface area (Å²) in [6, 6.07) is 0. The summed E-state index contributed by atoms with van der Waals surface area (Å²) in [7, 11) is 4.31. The van der Waals surface area contributed by atoms with Crippen molar-refractivity contribution in [3.05, 3.63) is 0 Å². The second-order valence-corrected chi connectivity index (χ2v) is 4.83. The molecule has 0 aliphatic rings. The fraction of sp³-hybridized carbons (Fsp3) is 1.00. The van der Waals surface area contributed by atoms with E-state index in [2.05, 4.69) is 39.8 Å². The highest BCUT2D eigenvalue weighted by Gasteiger charge is 2.07. The Kier molecular flexibility index (Phi) is 7.35. The Bertz CT molecular complexity index is 110. The molecule has 0 aliphatic heterocycles. The van der Waals surface area contributed by atoms with Crippen LogP contribution in [-0.2, 0) is 0 Å². The largest absolute Gasteiger partial charge is 0.309 e. The van der Waals surface area contributed by atoms with Gasteiger partial charge in [0.15, 0.2) is 0 Å². The lowest BCUT2D eigenvalue weighted by Gasteiger charge is -2.18. The third-order valence-electron chi connectivity index (χ3n) is 2.66. The van der Waals surface area contributed by atoms with Crippen molar-refractivity contribution in [2.24, 2.45) is 11.8 Å². The van der Waals surface area contributed by atoms with E-state index in [4.69, 9.17) is 0 Å². The van der Waals surface area contributed by atoms with Gasteiger partial charge >= 0.3 is 0 Å². The zero-order valence-electron chi connectivity index (χ0n) is 10.1. The van der Waals surface area contributed by atoms with Crippen LogP contribution in [0.4, 0.5) is 0 Å². The number of nitrogens with zero attached hydrogens (tertiary/aromatic N) is 1. The molecular weight excluding hydrogens is 158 g/mol. The lowest BCUT2D eigenvalue weighted by atomic mass is 9.92. The summed E-state index contributed by atoms with van der Waals surface area (Å²) >= 11 is 0. The molecule has 0 fully saturated rings. The van der Waals surface area contributed by atoms with Crippen LogP contribution in [0.25, 0.3) is 0 Å². The van der Waals surface area contributed by atoms with E-state index in [9.17, 15) is 0 Å². The van der Waals surface area contributed by atoms with Crippen LogP contribution >= 0.6 is 0 Å². The summed E-state index contributed by atoms with van der Waals surface area (Å²) in [5, 5.41) is 0. The Morgan fingerprint density at radius 1 is 1.00 bits per heavy atom. The van der Waals surface area contributed by atoms with Crippen molar-refractivity contribution in [3.63, 3.8) is 0 Å². The summed E-state index contributed by atoms with van der Waals surface area (Å²) in [6.07, 6.45) is 5.48. The molecule has 0 spiro atoms. The van der Waals surface area contributed by atoms with E-state index >= 15 is 0 Å². The van der Waals surface area contributed by atoms with Crippen LogP contribution in [-0.4, -0.2) is 25.5 Å². The summed E-state index contributed by atoms with van der Waals surface area (Å²) in [6.45, 7) is 8.28. The first kappa shape index (κ1) is 13.0. The topological polar surface area (TPSA) is 3.24 Å². The molecule has 0 rings (SSSR count). The van der Waals surface area contributed by atoms with Gasteiger partial charge in [0.1, 0.15) is 0 Å². The van der Waals surface area contributed by atoms with Crippen molar-refractivity contribution in [2.75, 3.05) is 20.6 Å². The minimum absolute atomic E-state index is 0.893. The van der Waals surface area contributed by atoms with Crippen LogP contribution in [0.1, 0.15) is 46.5 Å². The van der Waals surface area contributed by atoms with Gasteiger partial charge in [0, 0.05) is 0 Å². The van der Waals surface area contributed by atoms with Gasteiger partial charge in [-0.1, -0.05) is 33.6 Å². The van der Waals surface area contributed by atoms with Gasteiger partial charge in [-0.15, -0.1) is 0 Å². The molecule has 2 atom stereocenters. The molecule has 80 valence electrons. The quantitative estimate of drug-likeness (QED) is 0.587. The monoisotopic (exact) mass is 185 g/mol. The van der Waals surface area contributed by atoms with Crippen LogP contribution < -0.4 is 0 Å². The Morgan fingerprint density at radius 2 is 1.54 bits per heavy atom. The molecule has 0 aromatic carbocycles. The highest BCUT2D eigenvalue weighted by Crippen LogP contribution is 2.18. The summed E-state index contributed by atoms with van der Waals surface area (Å²) in [4.78, 5) is 2.28. The molecule has 0 aromatic rings. The van der Waals surface area contributed by atoms with E-state index in [1.165, 1.54) is 32.2 Å².